The summed E-state index contributed by atoms with van der Waals surface area (Å²) in [4.78, 5) is 13.0. The zero-order valence-electron chi connectivity index (χ0n) is 11.8. The number of aliphatic carboxylic acids is 1. The SMILES string of the molecule is CN(C1CCC(CC(=O)[O-])CC1)C1(C)COC1.[Li+]. The summed E-state index contributed by atoms with van der Waals surface area (Å²) in [6.45, 7) is 3.88. The number of hydrogen-bond acceptors (Lipinski definition) is 4. The molecule has 98 valence electrons. The largest absolute Gasteiger partial charge is 1.00 e. The molecule has 0 spiro atoms. The predicted molar refractivity (Wildman–Crippen MR) is 62.4 cm³/mol. The van der Waals surface area contributed by atoms with Crippen LogP contribution in [0.25, 0.3) is 0 Å². The van der Waals surface area contributed by atoms with E-state index in [1.54, 1.807) is 0 Å². The Morgan fingerprint density at radius 3 is 2.28 bits per heavy atom. The number of nitrogens with zero attached hydrogens (tertiary/aromatic N) is 1. The van der Waals surface area contributed by atoms with Crippen LogP contribution >= 0.6 is 0 Å². The quantitative estimate of drug-likeness (QED) is 0.512. The first-order chi connectivity index (χ1) is 8.01. The van der Waals surface area contributed by atoms with Crippen molar-refractivity contribution in [3.63, 3.8) is 0 Å². The molecule has 1 heterocycles. The number of hydrogen-bond donors (Lipinski definition) is 0. The molecule has 1 aliphatic heterocycles. The van der Waals surface area contributed by atoms with Crippen LogP contribution in [-0.4, -0.2) is 42.7 Å². The van der Waals surface area contributed by atoms with Crippen LogP contribution in [0.2, 0.25) is 0 Å². The van der Waals surface area contributed by atoms with Crippen LogP contribution in [0.5, 0.6) is 0 Å². The van der Waals surface area contributed by atoms with Crippen molar-refractivity contribution in [3.8, 4) is 0 Å². The minimum absolute atomic E-state index is 0. The van der Waals surface area contributed by atoms with Crippen molar-refractivity contribution in [2.45, 2.75) is 50.6 Å². The number of carbonyl (C=O) groups excluding carboxylic acids is 1. The maximum Gasteiger partial charge on any atom is 1.00 e. The van der Waals surface area contributed by atoms with Crippen molar-refractivity contribution in [3.05, 3.63) is 0 Å². The molecule has 1 aliphatic carbocycles. The summed E-state index contributed by atoms with van der Waals surface area (Å²) in [6.07, 6.45) is 4.46. The fourth-order valence-electron chi connectivity index (χ4n) is 3.01. The molecule has 0 aromatic rings. The minimum Gasteiger partial charge on any atom is -0.550 e. The van der Waals surface area contributed by atoms with Crippen molar-refractivity contribution in [2.24, 2.45) is 5.92 Å². The summed E-state index contributed by atoms with van der Waals surface area (Å²) in [7, 11) is 2.17. The zero-order chi connectivity index (χ0) is 12.5. The third-order valence-corrected chi connectivity index (χ3v) is 4.50. The fraction of sp³-hybridized carbons (Fsp3) is 0.923. The van der Waals surface area contributed by atoms with Crippen molar-refractivity contribution in [1.29, 1.82) is 0 Å². The van der Waals surface area contributed by atoms with Gasteiger partial charge in [-0.1, -0.05) is 0 Å². The molecule has 2 aliphatic rings. The van der Waals surface area contributed by atoms with Gasteiger partial charge in [0, 0.05) is 12.0 Å². The van der Waals surface area contributed by atoms with Crippen LogP contribution in [0.3, 0.4) is 0 Å². The van der Waals surface area contributed by atoms with Crippen molar-refractivity contribution in [2.75, 3.05) is 20.3 Å². The first kappa shape index (κ1) is 16.0. The summed E-state index contributed by atoms with van der Waals surface area (Å²) in [6, 6.07) is 0.585. The smallest absolute Gasteiger partial charge is 0.550 e. The molecule has 1 saturated carbocycles. The van der Waals surface area contributed by atoms with Crippen LogP contribution in [0.15, 0.2) is 0 Å². The maximum absolute atomic E-state index is 10.6. The second kappa shape index (κ2) is 6.43. The zero-order valence-corrected chi connectivity index (χ0v) is 11.8. The summed E-state index contributed by atoms with van der Waals surface area (Å²) in [5.41, 5.74) is 0.200. The number of rotatable bonds is 4. The van der Waals surface area contributed by atoms with Crippen molar-refractivity contribution >= 4 is 5.97 Å². The van der Waals surface area contributed by atoms with E-state index in [1.165, 1.54) is 0 Å². The average molecular weight is 247 g/mol. The van der Waals surface area contributed by atoms with E-state index in [1.807, 2.05) is 0 Å². The molecule has 18 heavy (non-hydrogen) atoms. The second-order valence-corrected chi connectivity index (χ2v) is 5.85. The summed E-state index contributed by atoms with van der Waals surface area (Å²) < 4.78 is 5.30. The topological polar surface area (TPSA) is 52.6 Å². The van der Waals surface area contributed by atoms with Crippen LogP contribution < -0.4 is 24.0 Å². The van der Waals surface area contributed by atoms with E-state index in [-0.39, 0.29) is 30.8 Å². The van der Waals surface area contributed by atoms with Crippen LogP contribution in [0.4, 0.5) is 0 Å². The Bertz CT molecular complexity index is 286. The minimum atomic E-state index is -0.902. The third-order valence-electron chi connectivity index (χ3n) is 4.50. The Labute approximate surface area is 121 Å². The van der Waals surface area contributed by atoms with Gasteiger partial charge in [0.2, 0.25) is 0 Å². The predicted octanol–water partition coefficient (Wildman–Crippen LogP) is -2.59. The molecular formula is C13H22LiNO3. The van der Waals surface area contributed by atoms with Gasteiger partial charge in [0.15, 0.2) is 0 Å². The van der Waals surface area contributed by atoms with E-state index in [2.05, 4.69) is 18.9 Å². The van der Waals surface area contributed by atoms with Gasteiger partial charge >= 0.3 is 18.9 Å². The van der Waals surface area contributed by atoms with E-state index < -0.39 is 5.97 Å². The number of carbonyl (C=O) groups is 1. The van der Waals surface area contributed by atoms with Gasteiger partial charge in [0.1, 0.15) is 0 Å². The van der Waals surface area contributed by atoms with Gasteiger partial charge in [-0.2, -0.15) is 0 Å². The maximum atomic E-state index is 10.6. The molecular weight excluding hydrogens is 225 g/mol. The number of likely N-dealkylation sites (N-methyl/N-ethyl adjacent to an activating group) is 1. The number of carboxylic acids is 1. The molecule has 0 aromatic carbocycles. The Morgan fingerprint density at radius 2 is 1.89 bits per heavy atom. The Morgan fingerprint density at radius 1 is 1.33 bits per heavy atom. The third kappa shape index (κ3) is 3.51. The van der Waals surface area contributed by atoms with Gasteiger partial charge in [0.25, 0.3) is 0 Å². The number of carboxylic acid groups (broad SMARTS) is 1. The van der Waals surface area contributed by atoms with Gasteiger partial charge in [-0.25, -0.2) is 0 Å². The summed E-state index contributed by atoms with van der Waals surface area (Å²) in [5, 5.41) is 10.6. The molecule has 0 unspecified atom stereocenters. The van der Waals surface area contributed by atoms with Crippen LogP contribution in [0, 0.1) is 5.92 Å². The first-order valence-electron chi connectivity index (χ1n) is 6.52. The Hall–Kier alpha value is -0.0126. The van der Waals surface area contributed by atoms with Gasteiger partial charge in [0.05, 0.1) is 18.8 Å². The van der Waals surface area contributed by atoms with E-state index >= 15 is 0 Å². The molecule has 0 radical (unpaired) electrons. The van der Waals surface area contributed by atoms with Crippen LogP contribution in [0.1, 0.15) is 39.0 Å². The number of ether oxygens (including phenoxy) is 1. The first-order valence-corrected chi connectivity index (χ1v) is 6.52. The molecule has 0 amide bonds. The Balaban J connectivity index is 0.00000162. The molecule has 4 nitrogen and oxygen atoms in total. The van der Waals surface area contributed by atoms with E-state index in [4.69, 9.17) is 4.74 Å². The molecule has 2 rings (SSSR count). The van der Waals surface area contributed by atoms with Gasteiger partial charge in [-0.05, 0) is 52.0 Å². The van der Waals surface area contributed by atoms with E-state index in [0.29, 0.717) is 12.0 Å². The van der Waals surface area contributed by atoms with Crippen molar-refractivity contribution in [1.82, 2.24) is 4.90 Å². The Kier molecular flexibility index (Phi) is 5.73. The van der Waals surface area contributed by atoms with Gasteiger partial charge in [-0.15, -0.1) is 0 Å². The monoisotopic (exact) mass is 247 g/mol. The van der Waals surface area contributed by atoms with Crippen molar-refractivity contribution < 1.29 is 33.5 Å². The van der Waals surface area contributed by atoms with Gasteiger partial charge < -0.3 is 14.6 Å². The molecule has 0 N–H and O–H groups in total. The molecule has 0 atom stereocenters. The standard InChI is InChI=1S/C13H23NO3.Li/c1-13(8-17-9-13)14(2)11-5-3-10(4-6-11)7-12(15)16;/h10-11H,3-9H2,1-2H3,(H,15,16);/q;+1/p-1. The summed E-state index contributed by atoms with van der Waals surface area (Å²) in [5.74, 6) is -0.573. The normalized spacial score (nSPS) is 30.4. The van der Waals surface area contributed by atoms with E-state index in [9.17, 15) is 9.90 Å². The second-order valence-electron chi connectivity index (χ2n) is 5.85. The molecule has 2 fully saturated rings. The van der Waals surface area contributed by atoms with Crippen LogP contribution in [-0.2, 0) is 9.53 Å². The molecule has 5 heteroatoms. The molecule has 1 saturated heterocycles. The molecule has 0 aromatic heterocycles. The molecule has 0 bridgehead atoms. The van der Waals surface area contributed by atoms with Gasteiger partial charge in [-0.3, -0.25) is 4.90 Å². The van der Waals surface area contributed by atoms with E-state index in [0.717, 1.165) is 38.9 Å². The average Bonchev–Trinajstić information content (AvgIpc) is 2.25. The summed E-state index contributed by atoms with van der Waals surface area (Å²) >= 11 is 0. The fourth-order valence-corrected chi connectivity index (χ4v) is 3.01.